The van der Waals surface area contributed by atoms with Crippen LogP contribution in [-0.4, -0.2) is 63.0 Å². The number of aromatic nitrogens is 3. The zero-order valence-electron chi connectivity index (χ0n) is 19.0. The van der Waals surface area contributed by atoms with E-state index in [0.717, 1.165) is 37.2 Å². The van der Waals surface area contributed by atoms with Crippen molar-refractivity contribution in [1.29, 1.82) is 0 Å². The van der Waals surface area contributed by atoms with E-state index in [1.165, 1.54) is 5.56 Å². The quantitative estimate of drug-likeness (QED) is 0.670. The van der Waals surface area contributed by atoms with Gasteiger partial charge in [-0.2, -0.15) is 0 Å². The molecular weight excluding hydrogens is 416 g/mol. The number of carbonyl (C=O) groups excluding carboxylic acids is 2. The third-order valence-corrected chi connectivity index (χ3v) is 7.65. The van der Waals surface area contributed by atoms with Crippen molar-refractivity contribution in [2.75, 3.05) is 24.5 Å². The molecule has 0 aliphatic carbocycles. The maximum Gasteiger partial charge on any atom is 0.293 e. The van der Waals surface area contributed by atoms with Crippen LogP contribution >= 0.6 is 0 Å². The van der Waals surface area contributed by atoms with Gasteiger partial charge in [-0.1, -0.05) is 37.3 Å². The van der Waals surface area contributed by atoms with E-state index in [2.05, 4.69) is 63.6 Å². The van der Waals surface area contributed by atoms with Crippen LogP contribution in [0.1, 0.15) is 47.9 Å². The molecule has 1 aromatic carbocycles. The SMILES string of the molecule is Cc1cc(N2CC[C@](C)(c3ccccc3)C2)cn2nc(C(=O)N3CCC4NC(=O)CC43)nc12. The maximum absolute atomic E-state index is 13.2. The molecule has 0 bridgehead atoms. The molecule has 2 aromatic heterocycles. The molecule has 8 nitrogen and oxygen atoms in total. The van der Waals surface area contributed by atoms with Crippen LogP contribution in [-0.2, 0) is 10.2 Å². The fraction of sp³-hybridized carbons (Fsp3) is 0.440. The molecule has 8 heteroatoms. The van der Waals surface area contributed by atoms with E-state index in [1.54, 1.807) is 9.42 Å². The Kier molecular flexibility index (Phi) is 4.47. The smallest absolute Gasteiger partial charge is 0.293 e. The Hall–Kier alpha value is -3.42. The molecule has 2 amide bonds. The zero-order chi connectivity index (χ0) is 22.7. The van der Waals surface area contributed by atoms with Gasteiger partial charge in [0.1, 0.15) is 0 Å². The van der Waals surface area contributed by atoms with Gasteiger partial charge in [-0.15, -0.1) is 5.10 Å². The van der Waals surface area contributed by atoms with Crippen LogP contribution in [0.3, 0.4) is 0 Å². The molecule has 33 heavy (non-hydrogen) atoms. The number of hydrogen-bond acceptors (Lipinski definition) is 5. The first-order valence-corrected chi connectivity index (χ1v) is 11.7. The minimum atomic E-state index is -0.193. The number of amides is 2. The normalized spacial score (nSPS) is 26.8. The largest absolute Gasteiger partial charge is 0.369 e. The summed E-state index contributed by atoms with van der Waals surface area (Å²) < 4.78 is 1.74. The van der Waals surface area contributed by atoms with Crippen molar-refractivity contribution in [2.24, 2.45) is 0 Å². The van der Waals surface area contributed by atoms with E-state index >= 15 is 0 Å². The summed E-state index contributed by atoms with van der Waals surface area (Å²) in [6, 6.07) is 12.8. The van der Waals surface area contributed by atoms with Gasteiger partial charge < -0.3 is 15.1 Å². The number of likely N-dealkylation sites (tertiary alicyclic amines) is 1. The topological polar surface area (TPSA) is 82.8 Å². The molecule has 3 atom stereocenters. The van der Waals surface area contributed by atoms with E-state index in [1.807, 2.05) is 13.1 Å². The average molecular weight is 445 g/mol. The second-order valence-electron chi connectivity index (χ2n) is 9.92. The molecule has 3 saturated heterocycles. The molecule has 6 rings (SSSR count). The number of hydrogen-bond donors (Lipinski definition) is 1. The summed E-state index contributed by atoms with van der Waals surface area (Å²) in [6.07, 6.45) is 4.21. The minimum absolute atomic E-state index is 0.0130. The minimum Gasteiger partial charge on any atom is -0.369 e. The van der Waals surface area contributed by atoms with E-state index in [4.69, 9.17) is 0 Å². The lowest BCUT2D eigenvalue weighted by atomic mass is 9.82. The van der Waals surface area contributed by atoms with Crippen LogP contribution in [0.2, 0.25) is 0 Å². The molecule has 3 aliphatic heterocycles. The second kappa shape index (κ2) is 7.30. The van der Waals surface area contributed by atoms with Gasteiger partial charge in [0.05, 0.1) is 24.0 Å². The molecule has 0 saturated carbocycles. The fourth-order valence-electron chi connectivity index (χ4n) is 5.76. The van der Waals surface area contributed by atoms with E-state index in [0.29, 0.717) is 18.6 Å². The van der Waals surface area contributed by atoms with Gasteiger partial charge in [0.2, 0.25) is 11.7 Å². The average Bonchev–Trinajstić information content (AvgIpc) is 3.57. The van der Waals surface area contributed by atoms with E-state index in [9.17, 15) is 9.59 Å². The highest BCUT2D eigenvalue weighted by atomic mass is 16.2. The monoisotopic (exact) mass is 444 g/mol. The van der Waals surface area contributed by atoms with Gasteiger partial charge in [-0.3, -0.25) is 9.59 Å². The molecule has 3 fully saturated rings. The van der Waals surface area contributed by atoms with Gasteiger partial charge >= 0.3 is 0 Å². The Morgan fingerprint density at radius 1 is 1.21 bits per heavy atom. The summed E-state index contributed by atoms with van der Waals surface area (Å²) in [4.78, 5) is 33.7. The molecule has 5 heterocycles. The van der Waals surface area contributed by atoms with Crippen LogP contribution in [0, 0.1) is 6.92 Å². The molecule has 0 radical (unpaired) electrons. The molecular formula is C25H28N6O2. The van der Waals surface area contributed by atoms with Crippen LogP contribution in [0.25, 0.3) is 5.65 Å². The molecule has 2 unspecified atom stereocenters. The molecule has 1 N–H and O–H groups in total. The number of aryl methyl sites for hydroxylation is 1. The lowest BCUT2D eigenvalue weighted by molar-refractivity contribution is -0.119. The standard InChI is InChI=1S/C25H28N6O2/c1-16-12-18(29-11-9-25(2,15-29)17-6-4-3-5-7-17)14-31-23(16)27-22(28-31)24(33)30-10-8-19-20(30)13-21(32)26-19/h3-7,12,14,19-20H,8-11,13,15H2,1-2H3,(H,26,32)/t19?,20?,25-/m0/s1. The van der Waals surface area contributed by atoms with Crippen molar-refractivity contribution in [3.8, 4) is 0 Å². The summed E-state index contributed by atoms with van der Waals surface area (Å²) in [5, 5.41) is 7.52. The number of rotatable bonds is 3. The summed E-state index contributed by atoms with van der Waals surface area (Å²) in [5.41, 5.74) is 4.25. The Bertz CT molecular complexity index is 1250. The first-order chi connectivity index (χ1) is 15.9. The molecule has 170 valence electrons. The summed E-state index contributed by atoms with van der Waals surface area (Å²) >= 11 is 0. The number of carbonyl (C=O) groups is 2. The van der Waals surface area contributed by atoms with Gasteiger partial charge in [0.25, 0.3) is 5.91 Å². The van der Waals surface area contributed by atoms with Crippen molar-refractivity contribution >= 4 is 23.1 Å². The molecule has 3 aromatic rings. The van der Waals surface area contributed by atoms with Crippen molar-refractivity contribution in [1.82, 2.24) is 24.8 Å². The second-order valence-corrected chi connectivity index (χ2v) is 9.92. The third kappa shape index (κ3) is 3.27. The van der Waals surface area contributed by atoms with Crippen LogP contribution in [0.15, 0.2) is 42.6 Å². The van der Waals surface area contributed by atoms with Crippen molar-refractivity contribution in [3.63, 3.8) is 0 Å². The Labute approximate surface area is 192 Å². The summed E-state index contributed by atoms with van der Waals surface area (Å²) in [5.74, 6) is 0.0198. The highest BCUT2D eigenvalue weighted by molar-refractivity contribution is 5.93. The van der Waals surface area contributed by atoms with Crippen molar-refractivity contribution in [2.45, 2.75) is 50.6 Å². The van der Waals surface area contributed by atoms with Crippen LogP contribution in [0.5, 0.6) is 0 Å². The van der Waals surface area contributed by atoms with Crippen molar-refractivity contribution in [3.05, 3.63) is 59.5 Å². The van der Waals surface area contributed by atoms with Gasteiger partial charge in [0, 0.05) is 31.5 Å². The molecule has 0 spiro atoms. The predicted octanol–water partition coefficient (Wildman–Crippen LogP) is 2.31. The zero-order valence-corrected chi connectivity index (χ0v) is 19.0. The highest BCUT2D eigenvalue weighted by Gasteiger charge is 2.44. The fourth-order valence-corrected chi connectivity index (χ4v) is 5.76. The Morgan fingerprint density at radius 2 is 2.03 bits per heavy atom. The number of pyridine rings is 1. The van der Waals surface area contributed by atoms with Gasteiger partial charge in [-0.05, 0) is 37.0 Å². The van der Waals surface area contributed by atoms with Crippen LogP contribution < -0.4 is 10.2 Å². The summed E-state index contributed by atoms with van der Waals surface area (Å²) in [6.45, 7) is 6.86. The van der Waals surface area contributed by atoms with Gasteiger partial charge in [0.15, 0.2) is 5.65 Å². The predicted molar refractivity (Wildman–Crippen MR) is 124 cm³/mol. The lowest BCUT2D eigenvalue weighted by Gasteiger charge is -2.26. The van der Waals surface area contributed by atoms with E-state index in [-0.39, 0.29) is 35.1 Å². The third-order valence-electron chi connectivity index (χ3n) is 7.65. The number of fused-ring (bicyclic) bond motifs is 2. The Balaban J connectivity index is 1.27. The van der Waals surface area contributed by atoms with Crippen molar-refractivity contribution < 1.29 is 9.59 Å². The first-order valence-electron chi connectivity index (χ1n) is 11.7. The highest BCUT2D eigenvalue weighted by Crippen LogP contribution is 2.36. The van der Waals surface area contributed by atoms with Gasteiger partial charge in [-0.25, -0.2) is 9.50 Å². The maximum atomic E-state index is 13.2. The number of nitrogens with one attached hydrogen (secondary N) is 1. The van der Waals surface area contributed by atoms with E-state index < -0.39 is 0 Å². The van der Waals surface area contributed by atoms with Crippen LogP contribution in [0.4, 0.5) is 5.69 Å². The number of nitrogens with zero attached hydrogens (tertiary/aromatic N) is 5. The number of benzene rings is 1. The molecule has 3 aliphatic rings. The number of anilines is 1. The lowest BCUT2D eigenvalue weighted by Crippen LogP contribution is -2.39. The Morgan fingerprint density at radius 3 is 2.85 bits per heavy atom. The first kappa shape index (κ1) is 20.2. The summed E-state index contributed by atoms with van der Waals surface area (Å²) in [7, 11) is 0.